The lowest BCUT2D eigenvalue weighted by atomic mass is 9.97. The van der Waals surface area contributed by atoms with Crippen molar-refractivity contribution in [3.63, 3.8) is 0 Å². The minimum absolute atomic E-state index is 0.0825. The number of carbonyl (C=O) groups is 1. The van der Waals surface area contributed by atoms with Gasteiger partial charge in [0.05, 0.1) is 10.7 Å². The Labute approximate surface area is 197 Å². The summed E-state index contributed by atoms with van der Waals surface area (Å²) in [4.78, 5) is 20.4. The van der Waals surface area contributed by atoms with E-state index in [2.05, 4.69) is 21.3 Å². The number of thiazole rings is 1. The Morgan fingerprint density at radius 3 is 2.68 bits per heavy atom. The summed E-state index contributed by atoms with van der Waals surface area (Å²) in [5.74, 6) is 2.06. The highest BCUT2D eigenvalue weighted by Gasteiger charge is 2.25. The maximum Gasteiger partial charge on any atom is 0.246 e. The molecule has 1 amide bonds. The van der Waals surface area contributed by atoms with Crippen molar-refractivity contribution >= 4 is 50.6 Å². The molecule has 5 nitrogen and oxygen atoms in total. The van der Waals surface area contributed by atoms with Crippen molar-refractivity contribution in [2.45, 2.75) is 18.8 Å². The summed E-state index contributed by atoms with van der Waals surface area (Å²) in [6.07, 6.45) is 5.46. The molecule has 1 aromatic carbocycles. The van der Waals surface area contributed by atoms with Gasteiger partial charge in [0, 0.05) is 50.8 Å². The number of ether oxygens (including phenoxy) is 2. The number of rotatable bonds is 4. The first-order chi connectivity index (χ1) is 15.2. The predicted molar refractivity (Wildman–Crippen MR) is 128 cm³/mol. The van der Waals surface area contributed by atoms with Gasteiger partial charge >= 0.3 is 0 Å². The van der Waals surface area contributed by atoms with Gasteiger partial charge in [0.1, 0.15) is 13.2 Å². The molecule has 1 saturated heterocycles. The van der Waals surface area contributed by atoms with Gasteiger partial charge in [0.15, 0.2) is 11.5 Å². The zero-order valence-corrected chi connectivity index (χ0v) is 20.0. The van der Waals surface area contributed by atoms with Crippen LogP contribution in [-0.4, -0.2) is 42.1 Å². The first kappa shape index (κ1) is 20.7. The quantitative estimate of drug-likeness (QED) is 0.409. The maximum absolute atomic E-state index is 12.5. The van der Waals surface area contributed by atoms with Gasteiger partial charge in [0.2, 0.25) is 5.91 Å². The maximum atomic E-state index is 12.5. The van der Waals surface area contributed by atoms with Crippen molar-refractivity contribution in [1.29, 1.82) is 0 Å². The number of amides is 1. The Morgan fingerprint density at radius 1 is 1.10 bits per heavy atom. The van der Waals surface area contributed by atoms with Crippen LogP contribution in [0.15, 0.2) is 45.6 Å². The summed E-state index contributed by atoms with van der Waals surface area (Å²) >= 11 is 6.76. The van der Waals surface area contributed by atoms with Crippen LogP contribution < -0.4 is 9.47 Å². The summed E-state index contributed by atoms with van der Waals surface area (Å²) in [5, 5.41) is 5.28. The Hall–Kier alpha value is -2.16. The average Bonchev–Trinajstić information content (AvgIpc) is 3.46. The molecule has 0 saturated carbocycles. The number of halogens is 1. The fourth-order valence-electron chi connectivity index (χ4n) is 3.83. The van der Waals surface area contributed by atoms with E-state index in [1.807, 2.05) is 40.6 Å². The number of carbonyl (C=O) groups excluding carboxylic acids is 1. The van der Waals surface area contributed by atoms with Crippen LogP contribution in [0.25, 0.3) is 17.3 Å². The van der Waals surface area contributed by atoms with E-state index in [-0.39, 0.29) is 5.91 Å². The van der Waals surface area contributed by atoms with E-state index in [0.29, 0.717) is 19.1 Å². The van der Waals surface area contributed by atoms with E-state index in [1.54, 1.807) is 28.7 Å². The van der Waals surface area contributed by atoms with Crippen LogP contribution in [0.3, 0.4) is 0 Å². The monoisotopic (exact) mass is 516 g/mol. The predicted octanol–water partition coefficient (Wildman–Crippen LogP) is 5.82. The number of thiophene rings is 1. The summed E-state index contributed by atoms with van der Waals surface area (Å²) in [6, 6.07) is 8.01. The summed E-state index contributed by atoms with van der Waals surface area (Å²) in [7, 11) is 0. The minimum atomic E-state index is 0.0825. The molecule has 8 heteroatoms. The standard InChI is InChI=1S/C23H21BrN2O3S2/c24-17-12-18(30-13-17)2-4-22(27)26-7-5-15(6-8-26)23-25-19(14-31-23)16-1-3-20-21(11-16)29-10-9-28-20/h1-4,11-15H,5-10H2/b4-2+. The van der Waals surface area contributed by atoms with E-state index >= 15 is 0 Å². The highest BCUT2D eigenvalue weighted by atomic mass is 79.9. The van der Waals surface area contributed by atoms with Crippen LogP contribution in [0.2, 0.25) is 0 Å². The van der Waals surface area contributed by atoms with E-state index in [4.69, 9.17) is 14.5 Å². The van der Waals surface area contributed by atoms with Crippen molar-refractivity contribution in [2.75, 3.05) is 26.3 Å². The van der Waals surface area contributed by atoms with Gasteiger partial charge < -0.3 is 14.4 Å². The van der Waals surface area contributed by atoms with Crippen LogP contribution in [0.5, 0.6) is 11.5 Å². The molecule has 0 unspecified atom stereocenters. The SMILES string of the molecule is O=C(/C=C/c1cc(Br)cs1)N1CCC(c2nc(-c3ccc4c(c3)OCCO4)cs2)CC1. The third-order valence-electron chi connectivity index (χ3n) is 5.49. The number of hydrogen-bond acceptors (Lipinski definition) is 6. The van der Waals surface area contributed by atoms with Crippen LogP contribution in [0.1, 0.15) is 28.6 Å². The molecule has 160 valence electrons. The summed E-state index contributed by atoms with van der Waals surface area (Å²) in [6.45, 7) is 2.70. The summed E-state index contributed by atoms with van der Waals surface area (Å²) < 4.78 is 12.4. The average molecular weight is 517 g/mol. The van der Waals surface area contributed by atoms with Gasteiger partial charge in [-0.25, -0.2) is 4.98 Å². The normalized spacial score (nSPS) is 16.7. The molecule has 1 fully saturated rings. The second-order valence-corrected chi connectivity index (χ2v) is 10.3. The first-order valence-electron chi connectivity index (χ1n) is 10.2. The first-order valence-corrected chi connectivity index (χ1v) is 12.8. The molecule has 0 atom stereocenters. The molecule has 0 radical (unpaired) electrons. The molecule has 3 aromatic rings. The molecule has 4 heterocycles. The second kappa shape index (κ2) is 9.14. The molecule has 2 aliphatic heterocycles. The fourth-order valence-corrected chi connectivity index (χ4v) is 6.17. The molecule has 2 aromatic heterocycles. The number of benzene rings is 1. The number of aromatic nitrogens is 1. The van der Waals surface area contributed by atoms with Crippen molar-refractivity contribution in [3.8, 4) is 22.8 Å². The second-order valence-electron chi connectivity index (χ2n) is 7.53. The van der Waals surface area contributed by atoms with Crippen molar-refractivity contribution in [3.05, 3.63) is 55.5 Å². The smallest absolute Gasteiger partial charge is 0.246 e. The topological polar surface area (TPSA) is 51.7 Å². The zero-order valence-electron chi connectivity index (χ0n) is 16.8. The molecule has 0 aliphatic carbocycles. The van der Waals surface area contributed by atoms with E-state index in [0.717, 1.165) is 63.0 Å². The number of likely N-dealkylation sites (tertiary alicyclic amines) is 1. The van der Waals surface area contributed by atoms with Crippen LogP contribution in [-0.2, 0) is 4.79 Å². The largest absolute Gasteiger partial charge is 0.486 e. The highest BCUT2D eigenvalue weighted by molar-refractivity contribution is 9.10. The third kappa shape index (κ3) is 4.71. The number of nitrogens with zero attached hydrogens (tertiary/aromatic N) is 2. The third-order valence-corrected chi connectivity index (χ3v) is 8.16. The molecule has 2 aliphatic rings. The Balaban J connectivity index is 1.20. The molecular weight excluding hydrogens is 496 g/mol. The molecule has 5 rings (SSSR count). The van der Waals surface area contributed by atoms with Gasteiger partial charge in [-0.15, -0.1) is 22.7 Å². The van der Waals surface area contributed by atoms with Crippen molar-refractivity contribution in [1.82, 2.24) is 9.88 Å². The van der Waals surface area contributed by atoms with Gasteiger partial charge in [-0.2, -0.15) is 0 Å². The van der Waals surface area contributed by atoms with Gasteiger partial charge in [0.25, 0.3) is 0 Å². The fraction of sp³-hybridized carbons (Fsp3) is 0.304. The lowest BCUT2D eigenvalue weighted by Crippen LogP contribution is -2.36. The lowest BCUT2D eigenvalue weighted by molar-refractivity contribution is -0.126. The van der Waals surface area contributed by atoms with Crippen LogP contribution in [0.4, 0.5) is 0 Å². The van der Waals surface area contributed by atoms with E-state index in [1.165, 1.54) is 0 Å². The highest BCUT2D eigenvalue weighted by Crippen LogP contribution is 2.37. The molecule has 31 heavy (non-hydrogen) atoms. The lowest BCUT2D eigenvalue weighted by Gasteiger charge is -2.30. The van der Waals surface area contributed by atoms with Crippen LogP contribution in [0, 0.1) is 0 Å². The Morgan fingerprint density at radius 2 is 1.90 bits per heavy atom. The molecule has 0 spiro atoms. The Bertz CT molecular complexity index is 1120. The van der Waals surface area contributed by atoms with Gasteiger partial charge in [-0.05, 0) is 59.1 Å². The minimum Gasteiger partial charge on any atom is -0.486 e. The summed E-state index contributed by atoms with van der Waals surface area (Å²) in [5.41, 5.74) is 2.02. The molecule has 0 bridgehead atoms. The van der Waals surface area contributed by atoms with E-state index < -0.39 is 0 Å². The van der Waals surface area contributed by atoms with Crippen molar-refractivity contribution < 1.29 is 14.3 Å². The van der Waals surface area contributed by atoms with Crippen LogP contribution >= 0.6 is 38.6 Å². The molecular formula is C23H21BrN2O3S2. The Kier molecular flexibility index (Phi) is 6.11. The zero-order chi connectivity index (χ0) is 21.2. The van der Waals surface area contributed by atoms with E-state index in [9.17, 15) is 4.79 Å². The van der Waals surface area contributed by atoms with Gasteiger partial charge in [-0.3, -0.25) is 4.79 Å². The number of hydrogen-bond donors (Lipinski definition) is 0. The number of fused-ring (bicyclic) bond motifs is 1. The van der Waals surface area contributed by atoms with Gasteiger partial charge in [-0.1, -0.05) is 0 Å². The number of piperidine rings is 1. The van der Waals surface area contributed by atoms with Crippen molar-refractivity contribution in [2.24, 2.45) is 0 Å². The molecule has 0 N–H and O–H groups in total.